The molecule has 1 fully saturated rings. The number of amides is 2. The van der Waals surface area contributed by atoms with Gasteiger partial charge in [0.25, 0.3) is 11.8 Å². The number of ether oxygens (including phenoxy) is 3. The Hall–Kier alpha value is -6.70. The van der Waals surface area contributed by atoms with Gasteiger partial charge in [0.1, 0.15) is 47.0 Å². The molecular formula is C46H50N6O12. The van der Waals surface area contributed by atoms with Crippen LogP contribution in [-0.4, -0.2) is 122 Å². The van der Waals surface area contributed by atoms with Crippen LogP contribution in [0.3, 0.4) is 0 Å². The van der Waals surface area contributed by atoms with Crippen LogP contribution >= 0.6 is 0 Å². The Bertz CT molecular complexity index is 2530. The zero-order chi connectivity index (χ0) is 46.0. The molecule has 3 aliphatic rings. The Kier molecular flexibility index (Phi) is 13.1. The fourth-order valence-corrected chi connectivity index (χ4v) is 8.72. The van der Waals surface area contributed by atoms with Gasteiger partial charge in [-0.2, -0.15) is 0 Å². The van der Waals surface area contributed by atoms with Crippen LogP contribution in [0.15, 0.2) is 77.9 Å². The van der Waals surface area contributed by atoms with Gasteiger partial charge in [-0.15, -0.1) is 0 Å². The summed E-state index contributed by atoms with van der Waals surface area (Å²) >= 11 is 0. The highest BCUT2D eigenvalue weighted by atomic mass is 16.7. The number of ketones is 2. The van der Waals surface area contributed by atoms with Gasteiger partial charge in [0, 0.05) is 72.7 Å². The number of fused-ring (bicyclic) bond motifs is 2. The van der Waals surface area contributed by atoms with Gasteiger partial charge in [-0.05, 0) is 60.6 Å². The van der Waals surface area contributed by atoms with Crippen LogP contribution in [0.5, 0.6) is 17.2 Å². The van der Waals surface area contributed by atoms with E-state index in [1.807, 2.05) is 30.3 Å². The summed E-state index contributed by atoms with van der Waals surface area (Å²) in [6, 6.07) is 15.5. The molecule has 0 bridgehead atoms. The van der Waals surface area contributed by atoms with E-state index in [1.54, 1.807) is 19.1 Å². The number of aliphatic hydroxyl groups is 4. The van der Waals surface area contributed by atoms with Gasteiger partial charge < -0.3 is 56.5 Å². The third kappa shape index (κ3) is 8.40. The van der Waals surface area contributed by atoms with Crippen molar-refractivity contribution in [2.24, 2.45) is 10.7 Å². The van der Waals surface area contributed by atoms with Crippen molar-refractivity contribution in [1.29, 1.82) is 0 Å². The van der Waals surface area contributed by atoms with Crippen molar-refractivity contribution < 1.29 is 58.9 Å². The van der Waals surface area contributed by atoms with Gasteiger partial charge in [-0.25, -0.2) is 4.98 Å². The standard InChI is InChI=1S/C46H50N6O12/c1-4-27-30(62-3)18-31(38-36(27)39(56)28-16-25(11-10-23-8-6-5-7-9-23)29(20-51-45(48)49-2)40(57)37(28)41(38)58)63-44-42(59)43(60)46(61,32(22-53)64-44)19-26(24-14-15-50-33(47)17-24)21-52-34(54)12-13-35(52)55/h5-9,12-18,26,32,42-44,53,57,59-61H,4,10-11,19-22H2,1-3H3,(H2,47,50)(H3,48,49,51)/t26-,32-,42-,43-,44-,46-/m1/s1. The normalized spacial score (nSPS) is 22.4. The van der Waals surface area contributed by atoms with E-state index in [-0.39, 0.29) is 65.0 Å². The Morgan fingerprint density at radius 3 is 2.34 bits per heavy atom. The minimum atomic E-state index is -2.45. The molecule has 1 aliphatic carbocycles. The number of guanidine groups is 1. The van der Waals surface area contributed by atoms with Crippen molar-refractivity contribution in [3.05, 3.63) is 123 Å². The fourth-order valence-electron chi connectivity index (χ4n) is 8.72. The lowest BCUT2D eigenvalue weighted by Crippen LogP contribution is -2.68. The summed E-state index contributed by atoms with van der Waals surface area (Å²) in [5.41, 5.74) is 11.4. The van der Waals surface area contributed by atoms with E-state index >= 15 is 0 Å². The van der Waals surface area contributed by atoms with Crippen LogP contribution in [0.1, 0.15) is 78.9 Å². The summed E-state index contributed by atoms with van der Waals surface area (Å²) in [5, 5.41) is 61.2. The molecule has 2 amide bonds. The monoisotopic (exact) mass is 878 g/mol. The van der Waals surface area contributed by atoms with Crippen molar-refractivity contribution in [3.8, 4) is 17.2 Å². The van der Waals surface area contributed by atoms with Gasteiger partial charge in [-0.3, -0.25) is 29.1 Å². The molecule has 0 unspecified atom stereocenters. The molecule has 1 saturated heterocycles. The lowest BCUT2D eigenvalue weighted by Gasteiger charge is -2.49. The number of nitrogen functional groups attached to an aromatic ring is 1. The number of benzene rings is 3. The molecule has 0 saturated carbocycles. The van der Waals surface area contributed by atoms with Crippen molar-refractivity contribution in [2.45, 2.75) is 75.3 Å². The number of aryl methyl sites for hydroxylation is 2. The van der Waals surface area contributed by atoms with Gasteiger partial charge in [0.15, 0.2) is 11.7 Å². The molecule has 0 radical (unpaired) electrons. The number of rotatable bonds is 15. The summed E-state index contributed by atoms with van der Waals surface area (Å²) < 4.78 is 17.9. The Morgan fingerprint density at radius 1 is 0.984 bits per heavy atom. The van der Waals surface area contributed by atoms with Gasteiger partial charge >= 0.3 is 0 Å². The molecule has 7 rings (SSSR count). The van der Waals surface area contributed by atoms with Crippen LogP contribution in [0.2, 0.25) is 0 Å². The number of nitrogens with two attached hydrogens (primary N) is 2. The molecule has 18 nitrogen and oxygen atoms in total. The minimum Gasteiger partial charge on any atom is -0.507 e. The molecule has 3 heterocycles. The number of aromatic hydroxyl groups is 1. The summed E-state index contributed by atoms with van der Waals surface area (Å²) in [6.45, 7) is 0.498. The number of carbonyl (C=O) groups is 4. The quantitative estimate of drug-likeness (QED) is 0.0416. The van der Waals surface area contributed by atoms with Crippen LogP contribution in [-0.2, 0) is 40.1 Å². The molecule has 2 aliphatic heterocycles. The number of anilines is 1. The number of phenols is 1. The first-order chi connectivity index (χ1) is 30.6. The molecule has 64 heavy (non-hydrogen) atoms. The van der Waals surface area contributed by atoms with Crippen molar-refractivity contribution in [3.63, 3.8) is 0 Å². The predicted octanol–water partition coefficient (Wildman–Crippen LogP) is 1.18. The number of aliphatic hydroxyl groups excluding tert-OH is 3. The van der Waals surface area contributed by atoms with Crippen LogP contribution in [0.4, 0.5) is 5.82 Å². The Morgan fingerprint density at radius 2 is 1.70 bits per heavy atom. The van der Waals surface area contributed by atoms with Gasteiger partial charge in [0.05, 0.1) is 24.8 Å². The lowest BCUT2D eigenvalue weighted by molar-refractivity contribution is -0.315. The average Bonchev–Trinajstić information content (AvgIpc) is 3.61. The van der Waals surface area contributed by atoms with Crippen LogP contribution in [0, 0.1) is 0 Å². The van der Waals surface area contributed by atoms with Crippen molar-refractivity contribution >= 4 is 35.2 Å². The summed E-state index contributed by atoms with van der Waals surface area (Å²) in [4.78, 5) is 63.7. The summed E-state index contributed by atoms with van der Waals surface area (Å²) in [6.07, 6.45) is -3.54. The molecule has 3 aromatic carbocycles. The van der Waals surface area contributed by atoms with E-state index in [9.17, 15) is 44.7 Å². The van der Waals surface area contributed by atoms with E-state index in [4.69, 9.17) is 25.7 Å². The number of carbonyl (C=O) groups excluding carboxylic acids is 4. The number of hydrogen-bond acceptors (Lipinski definition) is 15. The van der Waals surface area contributed by atoms with Crippen LogP contribution < -0.4 is 26.3 Å². The number of hydrogen-bond donors (Lipinski definition) is 8. The van der Waals surface area contributed by atoms with Crippen molar-refractivity contribution in [2.75, 3.05) is 33.0 Å². The second-order valence-electron chi connectivity index (χ2n) is 15.8. The largest absolute Gasteiger partial charge is 0.507 e. The average molecular weight is 879 g/mol. The first kappa shape index (κ1) is 45.3. The van der Waals surface area contributed by atoms with Crippen LogP contribution in [0.25, 0.3) is 0 Å². The van der Waals surface area contributed by atoms with E-state index in [0.717, 1.165) is 22.6 Å². The summed E-state index contributed by atoms with van der Waals surface area (Å²) in [7, 11) is 2.84. The third-order valence-electron chi connectivity index (χ3n) is 12.1. The number of pyridine rings is 1. The first-order valence-corrected chi connectivity index (χ1v) is 20.6. The molecule has 0 spiro atoms. The number of nitrogens with one attached hydrogen (secondary N) is 1. The topological polar surface area (TPSA) is 290 Å². The molecule has 10 N–H and O–H groups in total. The predicted molar refractivity (Wildman–Crippen MR) is 231 cm³/mol. The number of phenolic OH excluding ortho intramolecular Hbond substituents is 1. The fraction of sp³-hybridized carbons (Fsp3) is 0.348. The molecule has 1 aromatic heterocycles. The molecule has 4 aromatic rings. The zero-order valence-corrected chi connectivity index (χ0v) is 35.4. The smallest absolute Gasteiger partial charge is 0.253 e. The Labute approximate surface area is 367 Å². The highest BCUT2D eigenvalue weighted by molar-refractivity contribution is 6.31. The zero-order valence-electron chi connectivity index (χ0n) is 35.4. The van der Waals surface area contributed by atoms with E-state index in [1.165, 1.54) is 32.5 Å². The highest BCUT2D eigenvalue weighted by Crippen LogP contribution is 2.46. The summed E-state index contributed by atoms with van der Waals surface area (Å²) in [5.74, 6) is -4.06. The number of aromatic nitrogens is 1. The number of nitrogens with zero attached hydrogens (tertiary/aromatic N) is 3. The maximum atomic E-state index is 14.9. The SMILES string of the molecule is CCc1c(OC)cc(O[C@@H]2O[C@H](CO)[C@](O)(C[C@H](CN3C(=O)C=CC3=O)c3ccnc(N)c3)[C@H](O)[C@H]2O)c2c1C(=O)c1cc(CCc3ccccc3)c(CNC(N)=NC)c(O)c1C2=O. The maximum Gasteiger partial charge on any atom is 0.253 e. The Balaban J connectivity index is 1.26. The van der Waals surface area contributed by atoms with Gasteiger partial charge in [0.2, 0.25) is 12.1 Å². The second-order valence-corrected chi connectivity index (χ2v) is 15.8. The molecule has 336 valence electrons. The highest BCUT2D eigenvalue weighted by Gasteiger charge is 2.57. The lowest BCUT2D eigenvalue weighted by atomic mass is 9.75. The third-order valence-corrected chi connectivity index (χ3v) is 12.1. The number of imide groups is 1. The number of methoxy groups -OCH3 is 1. The van der Waals surface area contributed by atoms with Gasteiger partial charge in [-0.1, -0.05) is 37.3 Å². The minimum absolute atomic E-state index is 0.0463. The maximum absolute atomic E-state index is 14.9. The number of aliphatic imine (C=N–C) groups is 1. The molecular weight excluding hydrogens is 829 g/mol. The van der Waals surface area contributed by atoms with Crippen molar-refractivity contribution in [1.82, 2.24) is 15.2 Å². The van der Waals surface area contributed by atoms with E-state index in [2.05, 4.69) is 15.3 Å². The first-order valence-electron chi connectivity index (χ1n) is 20.6. The second kappa shape index (κ2) is 18.6. The van der Waals surface area contributed by atoms with E-state index < -0.39 is 78.3 Å². The molecule has 18 heteroatoms. The van der Waals surface area contributed by atoms with E-state index in [0.29, 0.717) is 35.1 Å². The molecule has 6 atom stereocenters.